The van der Waals surface area contributed by atoms with E-state index < -0.39 is 10.0 Å². The second kappa shape index (κ2) is 7.96. The van der Waals surface area contributed by atoms with E-state index in [-0.39, 0.29) is 10.9 Å². The Kier molecular flexibility index (Phi) is 5.57. The lowest BCUT2D eigenvalue weighted by Crippen LogP contribution is -2.45. The fourth-order valence-corrected chi connectivity index (χ4v) is 6.75. The lowest BCUT2D eigenvalue weighted by molar-refractivity contribution is 0.159. The minimum Gasteiger partial charge on any atom is -0.399 e. The van der Waals surface area contributed by atoms with Crippen molar-refractivity contribution in [1.29, 1.82) is 0 Å². The van der Waals surface area contributed by atoms with Crippen molar-refractivity contribution in [3.8, 4) is 0 Å². The lowest BCUT2D eigenvalue weighted by Gasteiger charge is -2.40. The Labute approximate surface area is 173 Å². The molecule has 4 rings (SSSR count). The summed E-state index contributed by atoms with van der Waals surface area (Å²) in [4.78, 5) is 5.33. The van der Waals surface area contributed by atoms with E-state index in [2.05, 4.69) is 45.5 Å². The van der Waals surface area contributed by atoms with Gasteiger partial charge in [0.05, 0.1) is 10.9 Å². The van der Waals surface area contributed by atoms with Gasteiger partial charge >= 0.3 is 0 Å². The Balaban J connectivity index is 1.51. The van der Waals surface area contributed by atoms with Crippen molar-refractivity contribution in [2.45, 2.75) is 30.3 Å². The maximum Gasteiger partial charge on any atom is 0.240 e. The van der Waals surface area contributed by atoms with Crippen molar-refractivity contribution < 1.29 is 8.42 Å². The molecule has 5 nitrogen and oxygen atoms in total. The number of sulfonamides is 1. The van der Waals surface area contributed by atoms with Crippen LogP contribution >= 0.6 is 22.7 Å². The molecule has 3 aromatic rings. The number of nitrogens with two attached hydrogens (primary N) is 1. The molecule has 148 valence electrons. The summed E-state index contributed by atoms with van der Waals surface area (Å²) in [5.74, 6) is 0. The van der Waals surface area contributed by atoms with E-state index in [4.69, 9.17) is 5.73 Å². The summed E-state index contributed by atoms with van der Waals surface area (Å²) in [6.45, 7) is 3.23. The van der Waals surface area contributed by atoms with Gasteiger partial charge in [0.1, 0.15) is 0 Å². The highest BCUT2D eigenvalue weighted by atomic mass is 32.2. The highest BCUT2D eigenvalue weighted by Gasteiger charge is 2.34. The Hall–Kier alpha value is -1.71. The standard InChI is InChI=1S/C20H23N3O2S3/c1-14-13-15-8-12-27-20(15)19(18-3-2-11-26-18)23(14)10-9-22-28(24,25)17-6-4-16(21)5-7-17/h2-8,11-12,14,19,22H,9-10,13,21H2,1H3/t14-,19+/m1/s1. The van der Waals surface area contributed by atoms with E-state index in [9.17, 15) is 8.42 Å². The van der Waals surface area contributed by atoms with Crippen LogP contribution < -0.4 is 10.5 Å². The van der Waals surface area contributed by atoms with Crippen LogP contribution in [-0.2, 0) is 16.4 Å². The van der Waals surface area contributed by atoms with Crippen LogP contribution in [0.4, 0.5) is 5.69 Å². The van der Waals surface area contributed by atoms with Gasteiger partial charge in [0, 0.05) is 34.6 Å². The fraction of sp³-hybridized carbons (Fsp3) is 0.300. The van der Waals surface area contributed by atoms with Crippen LogP contribution in [-0.4, -0.2) is 32.4 Å². The molecule has 0 spiro atoms. The molecule has 1 aliphatic rings. The van der Waals surface area contributed by atoms with E-state index in [1.807, 2.05) is 0 Å². The van der Waals surface area contributed by atoms with E-state index in [0.717, 1.165) is 6.42 Å². The van der Waals surface area contributed by atoms with Gasteiger partial charge in [-0.1, -0.05) is 6.07 Å². The van der Waals surface area contributed by atoms with Gasteiger partial charge in [-0.15, -0.1) is 22.7 Å². The molecule has 1 aliphatic heterocycles. The summed E-state index contributed by atoms with van der Waals surface area (Å²) in [7, 11) is -3.54. The number of thiophene rings is 2. The molecule has 3 heterocycles. The molecular formula is C20H23N3O2S3. The first-order valence-electron chi connectivity index (χ1n) is 9.16. The summed E-state index contributed by atoms with van der Waals surface area (Å²) < 4.78 is 27.9. The summed E-state index contributed by atoms with van der Waals surface area (Å²) in [6, 6.07) is 13.3. The van der Waals surface area contributed by atoms with Crippen molar-refractivity contribution >= 4 is 38.4 Å². The van der Waals surface area contributed by atoms with Crippen molar-refractivity contribution in [1.82, 2.24) is 9.62 Å². The second-order valence-corrected chi connectivity index (χ2v) is 10.7. The van der Waals surface area contributed by atoms with Gasteiger partial charge in [0.25, 0.3) is 0 Å². The summed E-state index contributed by atoms with van der Waals surface area (Å²) in [6.07, 6.45) is 0.991. The average Bonchev–Trinajstić information content (AvgIpc) is 3.34. The zero-order valence-electron chi connectivity index (χ0n) is 15.5. The third kappa shape index (κ3) is 3.88. The van der Waals surface area contributed by atoms with Crippen molar-refractivity contribution in [3.05, 3.63) is 68.5 Å². The molecule has 3 N–H and O–H groups in total. The Morgan fingerprint density at radius 1 is 1.14 bits per heavy atom. The summed E-state index contributed by atoms with van der Waals surface area (Å²) in [5, 5.41) is 4.26. The molecular weight excluding hydrogens is 410 g/mol. The minimum absolute atomic E-state index is 0.194. The van der Waals surface area contributed by atoms with Crippen LogP contribution in [0.25, 0.3) is 0 Å². The molecule has 2 aromatic heterocycles. The first-order chi connectivity index (χ1) is 13.5. The zero-order valence-corrected chi connectivity index (χ0v) is 18.0. The van der Waals surface area contributed by atoms with Gasteiger partial charge in [-0.25, -0.2) is 13.1 Å². The summed E-state index contributed by atoms with van der Waals surface area (Å²) >= 11 is 3.54. The summed E-state index contributed by atoms with van der Waals surface area (Å²) in [5.41, 5.74) is 7.61. The molecule has 0 saturated carbocycles. The predicted octanol–water partition coefficient (Wildman–Crippen LogP) is 3.71. The van der Waals surface area contributed by atoms with Crippen LogP contribution in [0.2, 0.25) is 0 Å². The maximum absolute atomic E-state index is 12.6. The fourth-order valence-electron chi connectivity index (χ4n) is 3.72. The van der Waals surface area contributed by atoms with Gasteiger partial charge in [-0.2, -0.15) is 0 Å². The maximum atomic E-state index is 12.6. The van der Waals surface area contributed by atoms with Crippen LogP contribution in [0, 0.1) is 0 Å². The Bertz CT molecular complexity index is 1030. The van der Waals surface area contributed by atoms with E-state index in [1.165, 1.54) is 27.5 Å². The predicted molar refractivity (Wildman–Crippen MR) is 116 cm³/mol. The molecule has 2 atom stereocenters. The number of anilines is 1. The molecule has 28 heavy (non-hydrogen) atoms. The van der Waals surface area contributed by atoms with Crippen molar-refractivity contribution in [2.24, 2.45) is 0 Å². The van der Waals surface area contributed by atoms with Crippen molar-refractivity contribution in [3.63, 3.8) is 0 Å². The van der Waals surface area contributed by atoms with Crippen LogP contribution in [0.5, 0.6) is 0 Å². The SMILES string of the molecule is C[C@@H]1Cc2ccsc2[C@H](c2cccs2)N1CCNS(=O)(=O)c1ccc(N)cc1. The van der Waals surface area contributed by atoms with Gasteiger partial charge in [0.2, 0.25) is 10.0 Å². The third-order valence-corrected chi connectivity index (χ3v) is 8.52. The monoisotopic (exact) mass is 433 g/mol. The number of benzene rings is 1. The molecule has 0 radical (unpaired) electrons. The molecule has 0 bridgehead atoms. The zero-order chi connectivity index (χ0) is 19.7. The van der Waals surface area contributed by atoms with Gasteiger partial charge < -0.3 is 5.73 Å². The molecule has 0 saturated heterocycles. The largest absolute Gasteiger partial charge is 0.399 e. The lowest BCUT2D eigenvalue weighted by atomic mass is 9.95. The molecule has 8 heteroatoms. The normalized spacial score (nSPS) is 20.2. The molecule has 0 fully saturated rings. The highest BCUT2D eigenvalue weighted by Crippen LogP contribution is 2.42. The Morgan fingerprint density at radius 3 is 2.64 bits per heavy atom. The van der Waals surface area contributed by atoms with E-state index in [1.54, 1.807) is 34.8 Å². The molecule has 1 aromatic carbocycles. The number of rotatable bonds is 6. The van der Waals surface area contributed by atoms with Gasteiger partial charge in [0.15, 0.2) is 0 Å². The van der Waals surface area contributed by atoms with E-state index in [0.29, 0.717) is 24.8 Å². The van der Waals surface area contributed by atoms with Gasteiger partial charge in [-0.05, 0) is 66.1 Å². The number of hydrogen-bond donors (Lipinski definition) is 2. The molecule has 0 aliphatic carbocycles. The Morgan fingerprint density at radius 2 is 1.93 bits per heavy atom. The first kappa shape index (κ1) is 19.6. The topological polar surface area (TPSA) is 75.4 Å². The van der Waals surface area contributed by atoms with Crippen LogP contribution in [0.15, 0.2) is 58.1 Å². The minimum atomic E-state index is -3.54. The second-order valence-electron chi connectivity index (χ2n) is 6.99. The number of hydrogen-bond acceptors (Lipinski definition) is 6. The third-order valence-electron chi connectivity index (χ3n) is 5.11. The number of fused-ring (bicyclic) bond motifs is 1. The number of nitrogens with zero attached hydrogens (tertiary/aromatic N) is 1. The smallest absolute Gasteiger partial charge is 0.240 e. The average molecular weight is 434 g/mol. The van der Waals surface area contributed by atoms with Crippen molar-refractivity contribution in [2.75, 3.05) is 18.8 Å². The van der Waals surface area contributed by atoms with Crippen LogP contribution in [0.1, 0.15) is 28.3 Å². The highest BCUT2D eigenvalue weighted by molar-refractivity contribution is 7.89. The number of nitrogen functional groups attached to an aromatic ring is 1. The molecule has 0 unspecified atom stereocenters. The number of nitrogens with one attached hydrogen (secondary N) is 1. The van der Waals surface area contributed by atoms with Crippen LogP contribution in [0.3, 0.4) is 0 Å². The van der Waals surface area contributed by atoms with Gasteiger partial charge in [-0.3, -0.25) is 4.90 Å². The van der Waals surface area contributed by atoms with E-state index >= 15 is 0 Å². The first-order valence-corrected chi connectivity index (χ1v) is 12.4. The molecule has 0 amide bonds. The quantitative estimate of drug-likeness (QED) is 0.581.